The molecule has 0 aliphatic carbocycles. The predicted octanol–water partition coefficient (Wildman–Crippen LogP) is 1.75. The van der Waals surface area contributed by atoms with Crippen LogP contribution in [0.2, 0.25) is 0 Å². The first-order valence-corrected chi connectivity index (χ1v) is 5.72. The smallest absolute Gasteiger partial charge is 0.328 e. The molecule has 0 rings (SSSR count). The average Bonchev–Trinajstić information content (AvgIpc) is 2.25. The Kier molecular flexibility index (Phi) is 7.25. The molecule has 0 aromatic rings. The Hall–Kier alpha value is -1.32. The number of hydrogen-bond donors (Lipinski definition) is 0. The van der Waals surface area contributed by atoms with Gasteiger partial charge < -0.3 is 9.64 Å². The van der Waals surface area contributed by atoms with E-state index in [1.807, 2.05) is 13.8 Å². The highest BCUT2D eigenvalue weighted by molar-refractivity contribution is 5.91. The number of carbonyl (C=O) groups is 2. The zero-order valence-electron chi connectivity index (χ0n) is 10.5. The second-order valence-electron chi connectivity index (χ2n) is 3.30. The minimum Gasteiger partial charge on any atom is -0.464 e. The molecule has 4 nitrogen and oxygen atoms in total. The summed E-state index contributed by atoms with van der Waals surface area (Å²) in [5.41, 5.74) is 0. The standard InChI is InChI=1S/C12H21NO3/c1-5-9-11(14)13(7-3)10(6-2)12(15)16-8-4/h5,9-10H,6-8H2,1-4H3/b9-5+/t10-/m1/s1. The number of esters is 1. The van der Waals surface area contributed by atoms with Gasteiger partial charge in [-0.2, -0.15) is 0 Å². The monoisotopic (exact) mass is 227 g/mol. The summed E-state index contributed by atoms with van der Waals surface area (Å²) in [6.45, 7) is 8.09. The largest absolute Gasteiger partial charge is 0.464 e. The van der Waals surface area contributed by atoms with Crippen LogP contribution in [-0.2, 0) is 14.3 Å². The third-order valence-corrected chi connectivity index (χ3v) is 2.25. The van der Waals surface area contributed by atoms with Gasteiger partial charge in [0.2, 0.25) is 5.91 Å². The summed E-state index contributed by atoms with van der Waals surface area (Å²) in [6.07, 6.45) is 3.70. The Balaban J connectivity index is 4.74. The fourth-order valence-corrected chi connectivity index (χ4v) is 1.52. The van der Waals surface area contributed by atoms with Crippen LogP contribution in [0.4, 0.5) is 0 Å². The van der Waals surface area contributed by atoms with Gasteiger partial charge in [-0.1, -0.05) is 13.0 Å². The molecule has 0 saturated heterocycles. The molecular weight excluding hydrogens is 206 g/mol. The van der Waals surface area contributed by atoms with E-state index in [4.69, 9.17) is 4.74 Å². The van der Waals surface area contributed by atoms with Crippen LogP contribution in [0, 0.1) is 0 Å². The fraction of sp³-hybridized carbons (Fsp3) is 0.667. The summed E-state index contributed by atoms with van der Waals surface area (Å²) >= 11 is 0. The number of likely N-dealkylation sites (N-methyl/N-ethyl adjacent to an activating group) is 1. The topological polar surface area (TPSA) is 46.6 Å². The van der Waals surface area contributed by atoms with Crippen molar-refractivity contribution in [1.29, 1.82) is 0 Å². The summed E-state index contributed by atoms with van der Waals surface area (Å²) in [5, 5.41) is 0. The van der Waals surface area contributed by atoms with Crippen molar-refractivity contribution in [2.24, 2.45) is 0 Å². The molecule has 0 aliphatic heterocycles. The van der Waals surface area contributed by atoms with Gasteiger partial charge in [0.15, 0.2) is 0 Å². The van der Waals surface area contributed by atoms with Crippen molar-refractivity contribution in [3.63, 3.8) is 0 Å². The second-order valence-corrected chi connectivity index (χ2v) is 3.30. The highest BCUT2D eigenvalue weighted by Crippen LogP contribution is 2.07. The number of rotatable bonds is 6. The number of hydrogen-bond acceptors (Lipinski definition) is 3. The first-order valence-electron chi connectivity index (χ1n) is 5.72. The molecule has 1 amide bonds. The molecule has 4 heteroatoms. The Bertz CT molecular complexity index is 261. The van der Waals surface area contributed by atoms with E-state index in [2.05, 4.69) is 0 Å². The van der Waals surface area contributed by atoms with Crippen LogP contribution < -0.4 is 0 Å². The molecule has 0 heterocycles. The minimum atomic E-state index is -0.478. The Labute approximate surface area is 97.3 Å². The Morgan fingerprint density at radius 1 is 1.31 bits per heavy atom. The van der Waals surface area contributed by atoms with E-state index >= 15 is 0 Å². The minimum absolute atomic E-state index is 0.148. The maximum Gasteiger partial charge on any atom is 0.328 e. The molecule has 0 radical (unpaired) electrons. The lowest BCUT2D eigenvalue weighted by Gasteiger charge is -2.27. The van der Waals surface area contributed by atoms with E-state index in [-0.39, 0.29) is 11.9 Å². The van der Waals surface area contributed by atoms with Crippen LogP contribution in [0.3, 0.4) is 0 Å². The molecule has 0 fully saturated rings. The molecule has 0 aromatic heterocycles. The van der Waals surface area contributed by atoms with Gasteiger partial charge in [-0.05, 0) is 33.3 Å². The summed E-state index contributed by atoms with van der Waals surface area (Å²) < 4.78 is 4.95. The van der Waals surface area contributed by atoms with Crippen LogP contribution in [-0.4, -0.2) is 36.0 Å². The van der Waals surface area contributed by atoms with Gasteiger partial charge in [0.25, 0.3) is 0 Å². The Morgan fingerprint density at radius 2 is 1.94 bits per heavy atom. The van der Waals surface area contributed by atoms with E-state index in [1.165, 1.54) is 11.0 Å². The quantitative estimate of drug-likeness (QED) is 0.513. The molecule has 0 unspecified atom stereocenters. The van der Waals surface area contributed by atoms with E-state index in [9.17, 15) is 9.59 Å². The van der Waals surface area contributed by atoms with Crippen LogP contribution in [0.5, 0.6) is 0 Å². The van der Waals surface area contributed by atoms with Gasteiger partial charge in [-0.15, -0.1) is 0 Å². The second kappa shape index (κ2) is 7.91. The zero-order chi connectivity index (χ0) is 12.6. The van der Waals surface area contributed by atoms with Crippen molar-refractivity contribution in [3.05, 3.63) is 12.2 Å². The van der Waals surface area contributed by atoms with Crippen molar-refractivity contribution >= 4 is 11.9 Å². The van der Waals surface area contributed by atoms with Gasteiger partial charge in [-0.3, -0.25) is 4.79 Å². The maximum absolute atomic E-state index is 11.7. The molecule has 0 spiro atoms. The summed E-state index contributed by atoms with van der Waals surface area (Å²) in [6, 6.07) is -0.478. The number of carbonyl (C=O) groups excluding carboxylic acids is 2. The molecule has 0 aromatic carbocycles. The van der Waals surface area contributed by atoms with Gasteiger partial charge in [0.05, 0.1) is 6.61 Å². The van der Waals surface area contributed by atoms with Crippen LogP contribution in [0.15, 0.2) is 12.2 Å². The van der Waals surface area contributed by atoms with Crippen molar-refractivity contribution in [2.45, 2.75) is 40.2 Å². The van der Waals surface area contributed by atoms with E-state index in [0.717, 1.165) is 0 Å². The highest BCUT2D eigenvalue weighted by atomic mass is 16.5. The fourth-order valence-electron chi connectivity index (χ4n) is 1.52. The molecule has 92 valence electrons. The van der Waals surface area contributed by atoms with E-state index in [1.54, 1.807) is 19.9 Å². The third kappa shape index (κ3) is 4.04. The molecule has 0 saturated carbocycles. The molecular formula is C12H21NO3. The molecule has 0 N–H and O–H groups in total. The molecule has 1 atom stereocenters. The third-order valence-electron chi connectivity index (χ3n) is 2.25. The highest BCUT2D eigenvalue weighted by Gasteiger charge is 2.26. The first-order chi connectivity index (χ1) is 7.62. The van der Waals surface area contributed by atoms with Gasteiger partial charge in [-0.25, -0.2) is 4.79 Å². The first kappa shape index (κ1) is 14.7. The number of amides is 1. The van der Waals surface area contributed by atoms with Crippen LogP contribution in [0.1, 0.15) is 34.1 Å². The lowest BCUT2D eigenvalue weighted by atomic mass is 10.2. The van der Waals surface area contributed by atoms with Crippen molar-refractivity contribution < 1.29 is 14.3 Å². The SMILES string of the molecule is C/C=C/C(=O)N(CC)[C@H](CC)C(=O)OCC. The summed E-state index contributed by atoms with van der Waals surface area (Å²) in [5.74, 6) is -0.477. The number of allylic oxidation sites excluding steroid dienone is 1. The summed E-state index contributed by atoms with van der Waals surface area (Å²) in [7, 11) is 0. The van der Waals surface area contributed by atoms with Gasteiger partial charge in [0, 0.05) is 6.54 Å². The van der Waals surface area contributed by atoms with Crippen molar-refractivity contribution in [3.8, 4) is 0 Å². The maximum atomic E-state index is 11.7. The van der Waals surface area contributed by atoms with Crippen LogP contribution in [0.25, 0.3) is 0 Å². The lowest BCUT2D eigenvalue weighted by molar-refractivity contribution is -0.153. The lowest BCUT2D eigenvalue weighted by Crippen LogP contribution is -2.44. The summed E-state index contributed by atoms with van der Waals surface area (Å²) in [4.78, 5) is 24.9. The zero-order valence-corrected chi connectivity index (χ0v) is 10.5. The predicted molar refractivity (Wildman–Crippen MR) is 62.9 cm³/mol. The molecule has 0 bridgehead atoms. The normalized spacial score (nSPS) is 12.5. The number of ether oxygens (including phenoxy) is 1. The van der Waals surface area contributed by atoms with Crippen LogP contribution >= 0.6 is 0 Å². The molecule has 0 aliphatic rings. The van der Waals surface area contributed by atoms with Gasteiger partial charge >= 0.3 is 5.97 Å². The van der Waals surface area contributed by atoms with E-state index in [0.29, 0.717) is 19.6 Å². The van der Waals surface area contributed by atoms with E-state index < -0.39 is 6.04 Å². The molecule has 16 heavy (non-hydrogen) atoms. The van der Waals surface area contributed by atoms with Gasteiger partial charge in [0.1, 0.15) is 6.04 Å². The average molecular weight is 227 g/mol. The Morgan fingerprint density at radius 3 is 2.31 bits per heavy atom. The van der Waals surface area contributed by atoms with Crippen molar-refractivity contribution in [2.75, 3.05) is 13.2 Å². The van der Waals surface area contributed by atoms with Crippen molar-refractivity contribution in [1.82, 2.24) is 4.90 Å². The number of nitrogens with zero attached hydrogens (tertiary/aromatic N) is 1.